The molecular formula is C9H10NS2+. The molecule has 0 aliphatic heterocycles. The third-order valence-corrected chi connectivity index (χ3v) is 3.38. The Bertz CT molecular complexity index is 359. The highest BCUT2D eigenvalue weighted by molar-refractivity contribution is 7.59. The van der Waals surface area contributed by atoms with Crippen molar-refractivity contribution >= 4 is 34.2 Å². The maximum Gasteiger partial charge on any atom is 0.162 e. The lowest BCUT2D eigenvalue weighted by molar-refractivity contribution is 1.08. The Morgan fingerprint density at radius 1 is 1.42 bits per heavy atom. The Morgan fingerprint density at radius 2 is 2.17 bits per heavy atom. The van der Waals surface area contributed by atoms with E-state index in [-0.39, 0.29) is 0 Å². The summed E-state index contributed by atoms with van der Waals surface area (Å²) in [6, 6.07) is 8.21. The summed E-state index contributed by atoms with van der Waals surface area (Å²) in [6.07, 6.45) is 0. The first kappa shape index (κ1) is 8.08. The SMILES string of the molecule is C[C@H]([SH2+])c1nc2ccccc2s1. The number of hydrogen-bond acceptors (Lipinski definition) is 2. The van der Waals surface area contributed by atoms with E-state index in [9.17, 15) is 0 Å². The third kappa shape index (κ3) is 1.34. The van der Waals surface area contributed by atoms with Gasteiger partial charge in [-0.1, -0.05) is 12.1 Å². The van der Waals surface area contributed by atoms with Gasteiger partial charge in [-0.25, -0.2) is 4.98 Å². The molecule has 62 valence electrons. The Balaban J connectivity index is 2.62. The maximum absolute atomic E-state index is 4.48. The van der Waals surface area contributed by atoms with Gasteiger partial charge in [0, 0.05) is 0 Å². The van der Waals surface area contributed by atoms with E-state index in [1.54, 1.807) is 11.3 Å². The molecule has 0 amide bonds. The lowest BCUT2D eigenvalue weighted by atomic mass is 10.3. The van der Waals surface area contributed by atoms with E-state index in [1.165, 1.54) is 4.70 Å². The first-order valence-corrected chi connectivity index (χ1v) is 5.23. The molecule has 0 saturated heterocycles. The van der Waals surface area contributed by atoms with Crippen LogP contribution in [0.4, 0.5) is 0 Å². The predicted octanol–water partition coefficient (Wildman–Crippen LogP) is 2.37. The predicted molar refractivity (Wildman–Crippen MR) is 58.2 cm³/mol. The van der Waals surface area contributed by atoms with Crippen LogP contribution < -0.4 is 0 Å². The summed E-state index contributed by atoms with van der Waals surface area (Å²) in [5, 5.41) is 1.50. The fourth-order valence-corrected chi connectivity index (χ4v) is 2.23. The number of rotatable bonds is 1. The molecule has 2 aromatic rings. The fraction of sp³-hybridized carbons (Fsp3) is 0.222. The molecule has 1 aromatic carbocycles. The highest BCUT2D eigenvalue weighted by Gasteiger charge is 2.10. The van der Waals surface area contributed by atoms with Crippen LogP contribution in [0.5, 0.6) is 0 Å². The zero-order valence-electron chi connectivity index (χ0n) is 6.74. The van der Waals surface area contributed by atoms with Crippen LogP contribution in [0.15, 0.2) is 24.3 Å². The van der Waals surface area contributed by atoms with Crippen LogP contribution in [0.3, 0.4) is 0 Å². The van der Waals surface area contributed by atoms with Gasteiger partial charge in [-0.05, 0) is 31.7 Å². The number of fused-ring (bicyclic) bond motifs is 1. The second-order valence-electron chi connectivity index (χ2n) is 2.74. The summed E-state index contributed by atoms with van der Waals surface area (Å²) in [5.74, 6) is 0. The summed E-state index contributed by atoms with van der Waals surface area (Å²) < 4.78 is 1.26. The number of benzene rings is 1. The van der Waals surface area contributed by atoms with E-state index >= 15 is 0 Å². The fourth-order valence-electron chi connectivity index (χ4n) is 1.08. The zero-order chi connectivity index (χ0) is 8.55. The molecule has 0 saturated carbocycles. The molecular weight excluding hydrogens is 186 g/mol. The van der Waals surface area contributed by atoms with Crippen LogP contribution in [0, 0.1) is 0 Å². The molecule has 3 heteroatoms. The van der Waals surface area contributed by atoms with Gasteiger partial charge < -0.3 is 0 Å². The van der Waals surface area contributed by atoms with E-state index in [1.807, 2.05) is 18.2 Å². The average Bonchev–Trinajstić information content (AvgIpc) is 2.46. The lowest BCUT2D eigenvalue weighted by Gasteiger charge is -1.87. The summed E-state index contributed by atoms with van der Waals surface area (Å²) in [4.78, 5) is 4.48. The Kier molecular flexibility index (Phi) is 2.07. The quantitative estimate of drug-likeness (QED) is 0.638. The van der Waals surface area contributed by atoms with Gasteiger partial charge in [0.2, 0.25) is 0 Å². The zero-order valence-corrected chi connectivity index (χ0v) is 8.56. The highest BCUT2D eigenvalue weighted by Crippen LogP contribution is 2.26. The van der Waals surface area contributed by atoms with Gasteiger partial charge in [-0.2, -0.15) is 0 Å². The van der Waals surface area contributed by atoms with Crippen LogP contribution in [-0.2, 0) is 12.6 Å². The molecule has 0 unspecified atom stereocenters. The first-order chi connectivity index (χ1) is 5.77. The minimum Gasteiger partial charge on any atom is -0.236 e. The summed E-state index contributed by atoms with van der Waals surface area (Å²) in [5.41, 5.74) is 1.10. The van der Waals surface area contributed by atoms with E-state index in [0.29, 0.717) is 5.25 Å². The molecule has 2 rings (SSSR count). The van der Waals surface area contributed by atoms with Crippen LogP contribution in [-0.4, -0.2) is 4.98 Å². The standard InChI is InChI=1S/C9H9NS2/c1-6(11)9-10-7-4-2-3-5-8(7)12-9/h2-6,11H,1H3/p+1/t6-/m0/s1. The first-order valence-electron chi connectivity index (χ1n) is 3.84. The lowest BCUT2D eigenvalue weighted by Crippen LogP contribution is -1.83. The monoisotopic (exact) mass is 196 g/mol. The average molecular weight is 196 g/mol. The molecule has 12 heavy (non-hydrogen) atoms. The van der Waals surface area contributed by atoms with Crippen molar-refractivity contribution in [3.63, 3.8) is 0 Å². The molecule has 0 aliphatic rings. The van der Waals surface area contributed by atoms with Gasteiger partial charge in [0.1, 0.15) is 5.01 Å². The third-order valence-electron chi connectivity index (χ3n) is 1.68. The molecule has 1 atom stereocenters. The molecule has 1 heterocycles. The summed E-state index contributed by atoms with van der Waals surface area (Å²) in [7, 11) is 0. The number of para-hydroxylation sites is 1. The van der Waals surface area contributed by atoms with Crippen molar-refractivity contribution < 1.29 is 0 Å². The summed E-state index contributed by atoms with van der Waals surface area (Å²) in [6.45, 7) is 2.09. The van der Waals surface area contributed by atoms with Crippen molar-refractivity contribution in [2.24, 2.45) is 0 Å². The minimum absolute atomic E-state index is 0.349. The van der Waals surface area contributed by atoms with Crippen molar-refractivity contribution in [1.29, 1.82) is 0 Å². The molecule has 0 spiro atoms. The largest absolute Gasteiger partial charge is 0.236 e. The minimum atomic E-state index is 0.349. The van der Waals surface area contributed by atoms with Crippen molar-refractivity contribution in [2.75, 3.05) is 0 Å². The van der Waals surface area contributed by atoms with Gasteiger partial charge >= 0.3 is 0 Å². The maximum atomic E-state index is 4.48. The molecule has 1 aromatic heterocycles. The second-order valence-corrected chi connectivity index (χ2v) is 4.67. The molecule has 0 bridgehead atoms. The van der Waals surface area contributed by atoms with E-state index < -0.39 is 0 Å². The van der Waals surface area contributed by atoms with E-state index in [0.717, 1.165) is 10.5 Å². The second kappa shape index (κ2) is 3.07. The number of nitrogens with zero attached hydrogens (tertiary/aromatic N) is 1. The Morgan fingerprint density at radius 3 is 2.83 bits per heavy atom. The van der Waals surface area contributed by atoms with Crippen LogP contribution in [0.25, 0.3) is 10.2 Å². The molecule has 0 aliphatic carbocycles. The Labute approximate surface area is 80.9 Å². The van der Waals surface area contributed by atoms with Crippen molar-refractivity contribution in [1.82, 2.24) is 4.98 Å². The number of hydrogen-bond donors (Lipinski definition) is 0. The normalized spacial score (nSPS) is 13.5. The van der Waals surface area contributed by atoms with Gasteiger partial charge in [0.05, 0.1) is 10.2 Å². The molecule has 0 radical (unpaired) electrons. The van der Waals surface area contributed by atoms with E-state index in [4.69, 9.17) is 0 Å². The molecule has 0 fully saturated rings. The van der Waals surface area contributed by atoms with Crippen molar-refractivity contribution in [2.45, 2.75) is 12.2 Å². The Hall–Kier alpha value is -0.540. The number of thiazole rings is 1. The van der Waals surface area contributed by atoms with Crippen LogP contribution >= 0.6 is 11.3 Å². The molecule has 1 nitrogen and oxygen atoms in total. The van der Waals surface area contributed by atoms with Gasteiger partial charge in [0.25, 0.3) is 0 Å². The van der Waals surface area contributed by atoms with Crippen molar-refractivity contribution in [3.8, 4) is 0 Å². The van der Waals surface area contributed by atoms with Gasteiger partial charge in [-0.15, -0.1) is 11.3 Å². The van der Waals surface area contributed by atoms with Gasteiger partial charge in [-0.3, -0.25) is 0 Å². The summed E-state index contributed by atoms with van der Waals surface area (Å²) >= 11 is 5.30. The van der Waals surface area contributed by atoms with Crippen molar-refractivity contribution in [3.05, 3.63) is 29.3 Å². The highest BCUT2D eigenvalue weighted by atomic mass is 32.1. The molecule has 0 N–H and O–H groups in total. The topological polar surface area (TPSA) is 12.9 Å². The van der Waals surface area contributed by atoms with E-state index in [2.05, 4.69) is 30.6 Å². The van der Waals surface area contributed by atoms with Crippen LogP contribution in [0.2, 0.25) is 0 Å². The smallest absolute Gasteiger partial charge is 0.162 e. The van der Waals surface area contributed by atoms with Crippen LogP contribution in [0.1, 0.15) is 17.2 Å². The number of aromatic nitrogens is 1. The van der Waals surface area contributed by atoms with Gasteiger partial charge in [0.15, 0.2) is 5.25 Å².